The summed E-state index contributed by atoms with van der Waals surface area (Å²) >= 11 is 0. The molecule has 1 aromatic heterocycles. The Morgan fingerprint density at radius 1 is 1.16 bits per heavy atom. The van der Waals surface area contributed by atoms with Gasteiger partial charge in [0.05, 0.1) is 11.9 Å². The maximum absolute atomic E-state index is 14.0. The number of nitrogens with zero attached hydrogens (tertiary/aromatic N) is 2. The second kappa shape index (κ2) is 8.31. The van der Waals surface area contributed by atoms with Crippen molar-refractivity contribution in [2.75, 3.05) is 18.3 Å². The maximum atomic E-state index is 14.0. The van der Waals surface area contributed by atoms with Crippen molar-refractivity contribution < 1.29 is 17.2 Å². The molecule has 160 valence electrons. The number of H-pyrrole nitrogens is 1. The van der Waals surface area contributed by atoms with Crippen molar-refractivity contribution >= 4 is 27.1 Å². The molecule has 0 amide bonds. The highest BCUT2D eigenvalue weighted by molar-refractivity contribution is 7.92. The van der Waals surface area contributed by atoms with Crippen LogP contribution in [0.5, 0.6) is 0 Å². The van der Waals surface area contributed by atoms with E-state index in [1.54, 1.807) is 31.4 Å². The Labute approximate surface area is 178 Å². The number of amidine groups is 1. The monoisotopic (exact) mass is 443 g/mol. The van der Waals surface area contributed by atoms with E-state index in [1.807, 2.05) is 6.08 Å². The van der Waals surface area contributed by atoms with Gasteiger partial charge in [-0.3, -0.25) is 14.8 Å². The van der Waals surface area contributed by atoms with Crippen molar-refractivity contribution in [3.05, 3.63) is 71.9 Å². The van der Waals surface area contributed by atoms with Crippen molar-refractivity contribution in [3.8, 4) is 11.3 Å². The number of aliphatic imine (C=N–C) groups is 1. The molecule has 0 fully saturated rings. The van der Waals surface area contributed by atoms with Gasteiger partial charge < -0.3 is 5.32 Å². The van der Waals surface area contributed by atoms with Crippen molar-refractivity contribution in [2.24, 2.45) is 4.99 Å². The van der Waals surface area contributed by atoms with Crippen LogP contribution in [0, 0.1) is 11.6 Å². The molecular weight excluding hydrogens is 424 g/mol. The predicted octanol–water partition coefficient (Wildman–Crippen LogP) is 3.56. The largest absolute Gasteiger partial charge is 0.370 e. The molecule has 3 aromatic rings. The van der Waals surface area contributed by atoms with E-state index in [0.29, 0.717) is 17.3 Å². The highest BCUT2D eigenvalue weighted by Crippen LogP contribution is 2.31. The molecule has 10 heteroatoms. The highest BCUT2D eigenvalue weighted by atomic mass is 32.2. The van der Waals surface area contributed by atoms with E-state index in [-0.39, 0.29) is 5.69 Å². The first-order valence-electron chi connectivity index (χ1n) is 9.40. The number of hydrogen-bond acceptors (Lipinski definition) is 4. The zero-order valence-corrected chi connectivity index (χ0v) is 17.3. The second-order valence-electron chi connectivity index (χ2n) is 6.87. The first-order valence-corrected chi connectivity index (χ1v) is 10.9. The summed E-state index contributed by atoms with van der Waals surface area (Å²) in [6.45, 7) is 0.738. The molecule has 0 aliphatic carbocycles. The molecule has 0 radical (unpaired) electrons. The lowest BCUT2D eigenvalue weighted by Crippen LogP contribution is -2.27. The van der Waals surface area contributed by atoms with E-state index in [9.17, 15) is 17.2 Å². The topological polar surface area (TPSA) is 99.2 Å². The first-order chi connectivity index (χ1) is 14.9. The fourth-order valence-electron chi connectivity index (χ4n) is 3.35. The Morgan fingerprint density at radius 2 is 2.00 bits per heavy atom. The number of aromatic amines is 1. The van der Waals surface area contributed by atoms with Crippen LogP contribution in [0.4, 0.5) is 14.5 Å². The molecule has 3 N–H and O–H groups in total. The van der Waals surface area contributed by atoms with Gasteiger partial charge >= 0.3 is 0 Å². The summed E-state index contributed by atoms with van der Waals surface area (Å²) < 4.78 is 54.9. The molecule has 0 bridgehead atoms. The molecule has 0 saturated carbocycles. The molecule has 0 saturated heterocycles. The summed E-state index contributed by atoms with van der Waals surface area (Å²) in [4.78, 5) is 3.41. The van der Waals surface area contributed by atoms with E-state index in [1.165, 1.54) is 6.07 Å². The van der Waals surface area contributed by atoms with Gasteiger partial charge in [0, 0.05) is 30.4 Å². The molecule has 7 nitrogen and oxygen atoms in total. The average molecular weight is 443 g/mol. The van der Waals surface area contributed by atoms with Crippen LogP contribution in [0.3, 0.4) is 0 Å². The zero-order chi connectivity index (χ0) is 22.0. The zero-order valence-electron chi connectivity index (χ0n) is 16.5. The third-order valence-electron chi connectivity index (χ3n) is 4.82. The molecular formula is C21H19F2N5O2S. The van der Waals surface area contributed by atoms with Crippen LogP contribution in [-0.4, -0.2) is 38.0 Å². The maximum Gasteiger partial charge on any atom is 0.264 e. The van der Waals surface area contributed by atoms with E-state index >= 15 is 0 Å². The summed E-state index contributed by atoms with van der Waals surface area (Å²) in [5, 5.41) is 10.3. The Bertz CT molecular complexity index is 1300. The highest BCUT2D eigenvalue weighted by Gasteiger charge is 2.21. The lowest BCUT2D eigenvalue weighted by atomic mass is 9.97. The Balaban J connectivity index is 1.67. The fourth-order valence-corrected chi connectivity index (χ4v) is 4.49. The Morgan fingerprint density at radius 3 is 2.81 bits per heavy atom. The van der Waals surface area contributed by atoms with Crippen LogP contribution in [0.2, 0.25) is 0 Å². The number of anilines is 1. The number of benzene rings is 2. The third kappa shape index (κ3) is 4.33. The van der Waals surface area contributed by atoms with E-state index < -0.39 is 26.6 Å². The van der Waals surface area contributed by atoms with Gasteiger partial charge in [0.25, 0.3) is 10.0 Å². The minimum Gasteiger partial charge on any atom is -0.370 e. The van der Waals surface area contributed by atoms with Crippen molar-refractivity contribution in [1.82, 2.24) is 15.5 Å². The number of hydrogen-bond donors (Lipinski definition) is 3. The fraction of sp³-hybridized carbons (Fsp3) is 0.143. The molecule has 1 aliphatic rings. The van der Waals surface area contributed by atoms with Crippen LogP contribution in [0.25, 0.3) is 16.8 Å². The van der Waals surface area contributed by atoms with Crippen LogP contribution in [-0.2, 0) is 10.0 Å². The summed E-state index contributed by atoms with van der Waals surface area (Å²) in [5.41, 5.74) is 3.51. The molecule has 2 heterocycles. The van der Waals surface area contributed by atoms with Crippen molar-refractivity contribution in [3.63, 3.8) is 0 Å². The van der Waals surface area contributed by atoms with Crippen molar-refractivity contribution in [2.45, 2.75) is 11.3 Å². The molecule has 4 rings (SSSR count). The molecule has 31 heavy (non-hydrogen) atoms. The first kappa shape index (κ1) is 20.7. The quantitative estimate of drug-likeness (QED) is 0.562. The van der Waals surface area contributed by atoms with Gasteiger partial charge in [-0.2, -0.15) is 5.10 Å². The second-order valence-corrected chi connectivity index (χ2v) is 8.53. The number of aromatic nitrogens is 2. The Hall–Kier alpha value is -3.53. The van der Waals surface area contributed by atoms with Gasteiger partial charge in [0.15, 0.2) is 0 Å². The number of nitrogens with one attached hydrogen (secondary N) is 3. The average Bonchev–Trinajstić information content (AvgIpc) is 3.25. The summed E-state index contributed by atoms with van der Waals surface area (Å²) in [7, 11) is -2.62. The molecule has 0 spiro atoms. The van der Waals surface area contributed by atoms with Crippen molar-refractivity contribution in [1.29, 1.82) is 0 Å². The standard InChI is InChI=1S/C21H19F2N5O2S/c1-24-20-10-13(7-8-25-20)17-12-26-27-21(17)14-3-2-4-16(9-14)28-31(29,30)19-11-15(22)5-6-18(19)23/h2-6,9-12,28H,7-8H2,1H3,(H,24,25)(H,26,27). The van der Waals surface area contributed by atoms with Crippen LogP contribution >= 0.6 is 0 Å². The van der Waals surface area contributed by atoms with Gasteiger partial charge in [-0.1, -0.05) is 12.1 Å². The minimum atomic E-state index is -4.32. The minimum absolute atomic E-state index is 0.205. The van der Waals surface area contributed by atoms with Gasteiger partial charge in [0.2, 0.25) is 0 Å². The van der Waals surface area contributed by atoms with Gasteiger partial charge in [-0.05, 0) is 48.4 Å². The molecule has 0 unspecified atom stereocenters. The lowest BCUT2D eigenvalue weighted by molar-refractivity contribution is 0.555. The SMILES string of the molecule is CN=C1C=C(c2cn[nH]c2-c2cccc(NS(=O)(=O)c3cc(F)ccc3F)c2)CCN1. The molecule has 0 atom stereocenters. The summed E-state index contributed by atoms with van der Waals surface area (Å²) in [5.74, 6) is -1.11. The van der Waals surface area contributed by atoms with Gasteiger partial charge in [0.1, 0.15) is 22.4 Å². The van der Waals surface area contributed by atoms with E-state index in [0.717, 1.165) is 42.1 Å². The summed E-state index contributed by atoms with van der Waals surface area (Å²) in [6.07, 6.45) is 4.42. The van der Waals surface area contributed by atoms with Gasteiger partial charge in [-0.25, -0.2) is 17.2 Å². The van der Waals surface area contributed by atoms with Crippen LogP contribution < -0.4 is 10.0 Å². The Kier molecular flexibility index (Phi) is 5.55. The predicted molar refractivity (Wildman–Crippen MR) is 115 cm³/mol. The van der Waals surface area contributed by atoms with E-state index in [2.05, 4.69) is 25.2 Å². The van der Waals surface area contributed by atoms with Gasteiger partial charge in [-0.15, -0.1) is 0 Å². The smallest absolute Gasteiger partial charge is 0.264 e. The normalized spacial score (nSPS) is 15.5. The number of halogens is 2. The van der Waals surface area contributed by atoms with Crippen LogP contribution in [0.1, 0.15) is 12.0 Å². The lowest BCUT2D eigenvalue weighted by Gasteiger charge is -2.17. The number of rotatable bonds is 5. The van der Waals surface area contributed by atoms with E-state index in [4.69, 9.17) is 0 Å². The third-order valence-corrected chi connectivity index (χ3v) is 6.22. The molecule has 2 aromatic carbocycles. The number of sulfonamides is 1. The molecule has 1 aliphatic heterocycles. The summed E-state index contributed by atoms with van der Waals surface area (Å²) in [6, 6.07) is 8.87. The van der Waals surface area contributed by atoms with Crippen LogP contribution in [0.15, 0.2) is 64.6 Å².